The van der Waals surface area contributed by atoms with Crippen LogP contribution < -0.4 is 24.3 Å². The van der Waals surface area contributed by atoms with Crippen molar-refractivity contribution in [2.45, 2.75) is 18.9 Å². The first-order valence-corrected chi connectivity index (χ1v) is 8.62. The van der Waals surface area contributed by atoms with Gasteiger partial charge in [-0.2, -0.15) is 0 Å². The second kappa shape index (κ2) is 6.29. The van der Waals surface area contributed by atoms with Gasteiger partial charge in [0, 0.05) is 17.2 Å². The van der Waals surface area contributed by atoms with E-state index in [1.165, 1.54) is 0 Å². The zero-order valence-electron chi connectivity index (χ0n) is 15.4. The third-order valence-electron chi connectivity index (χ3n) is 5.35. The van der Waals surface area contributed by atoms with Gasteiger partial charge in [-0.15, -0.1) is 0 Å². The molecule has 26 heavy (non-hydrogen) atoms. The Hall–Kier alpha value is -2.60. The van der Waals surface area contributed by atoms with Gasteiger partial charge in [-0.05, 0) is 48.2 Å². The summed E-state index contributed by atoms with van der Waals surface area (Å²) >= 11 is 0. The number of aromatic hydroxyl groups is 1. The topological polar surface area (TPSA) is 69.2 Å². The van der Waals surface area contributed by atoms with Gasteiger partial charge in [-0.1, -0.05) is 0 Å². The van der Waals surface area contributed by atoms with E-state index in [2.05, 4.69) is 5.32 Å². The zero-order chi connectivity index (χ0) is 18.4. The predicted molar refractivity (Wildman–Crippen MR) is 97.9 cm³/mol. The van der Waals surface area contributed by atoms with Crippen LogP contribution in [0.4, 0.5) is 0 Å². The summed E-state index contributed by atoms with van der Waals surface area (Å²) in [5.74, 6) is 2.43. The first kappa shape index (κ1) is 16.8. The molecular formula is C20H23NO5. The molecule has 2 aromatic rings. The Morgan fingerprint density at radius 3 is 2.31 bits per heavy atom. The summed E-state index contributed by atoms with van der Waals surface area (Å²) in [6.07, 6.45) is 1.63. The van der Waals surface area contributed by atoms with Gasteiger partial charge < -0.3 is 29.4 Å². The highest BCUT2D eigenvalue weighted by atomic mass is 16.5. The van der Waals surface area contributed by atoms with E-state index < -0.39 is 0 Å². The van der Waals surface area contributed by atoms with Gasteiger partial charge in [-0.3, -0.25) is 0 Å². The van der Waals surface area contributed by atoms with Crippen molar-refractivity contribution in [1.29, 1.82) is 0 Å². The average molecular weight is 357 g/mol. The SMILES string of the molecule is COc1cc2c(cc1OC)-c1c(O)c(OC)c(OC)c3c1C(C2)NCC3. The highest BCUT2D eigenvalue weighted by Gasteiger charge is 2.37. The second-order valence-corrected chi connectivity index (χ2v) is 6.51. The van der Waals surface area contributed by atoms with Gasteiger partial charge in [0.1, 0.15) is 0 Å². The second-order valence-electron chi connectivity index (χ2n) is 6.51. The number of rotatable bonds is 4. The molecule has 4 rings (SSSR count). The van der Waals surface area contributed by atoms with Crippen molar-refractivity contribution >= 4 is 0 Å². The number of nitrogens with one attached hydrogen (secondary N) is 1. The number of methoxy groups -OCH3 is 4. The normalized spacial score (nSPS) is 17.2. The van der Waals surface area contributed by atoms with Crippen LogP contribution in [0.5, 0.6) is 28.7 Å². The van der Waals surface area contributed by atoms with E-state index in [0.29, 0.717) is 23.0 Å². The number of hydrogen-bond acceptors (Lipinski definition) is 6. The van der Waals surface area contributed by atoms with E-state index in [9.17, 15) is 5.11 Å². The van der Waals surface area contributed by atoms with Crippen molar-refractivity contribution in [1.82, 2.24) is 5.32 Å². The van der Waals surface area contributed by atoms with E-state index >= 15 is 0 Å². The average Bonchev–Trinajstić information content (AvgIpc) is 2.67. The zero-order valence-corrected chi connectivity index (χ0v) is 15.4. The van der Waals surface area contributed by atoms with Crippen LogP contribution in [0.2, 0.25) is 0 Å². The van der Waals surface area contributed by atoms with Crippen LogP contribution >= 0.6 is 0 Å². The fourth-order valence-electron chi connectivity index (χ4n) is 4.26. The van der Waals surface area contributed by atoms with E-state index in [1.54, 1.807) is 28.4 Å². The molecule has 0 amide bonds. The molecule has 2 N–H and O–H groups in total. The summed E-state index contributed by atoms with van der Waals surface area (Å²) in [4.78, 5) is 0. The highest BCUT2D eigenvalue weighted by Crippen LogP contribution is 2.56. The Morgan fingerprint density at radius 2 is 1.65 bits per heavy atom. The lowest BCUT2D eigenvalue weighted by Crippen LogP contribution is -2.34. The summed E-state index contributed by atoms with van der Waals surface area (Å²) in [7, 11) is 6.40. The van der Waals surface area contributed by atoms with E-state index in [4.69, 9.17) is 18.9 Å². The smallest absolute Gasteiger partial charge is 0.204 e. The van der Waals surface area contributed by atoms with Crippen molar-refractivity contribution in [3.05, 3.63) is 28.8 Å². The minimum Gasteiger partial charge on any atom is -0.504 e. The largest absolute Gasteiger partial charge is 0.504 e. The fraction of sp³-hybridized carbons (Fsp3) is 0.400. The van der Waals surface area contributed by atoms with Gasteiger partial charge in [0.25, 0.3) is 0 Å². The minimum atomic E-state index is 0.102. The van der Waals surface area contributed by atoms with Crippen molar-refractivity contribution in [3.8, 4) is 39.9 Å². The molecule has 2 aromatic carbocycles. The predicted octanol–water partition coefficient (Wildman–Crippen LogP) is 2.84. The maximum atomic E-state index is 11.0. The van der Waals surface area contributed by atoms with Crippen molar-refractivity contribution in [2.24, 2.45) is 0 Å². The number of benzene rings is 2. The summed E-state index contributed by atoms with van der Waals surface area (Å²) < 4.78 is 22.0. The van der Waals surface area contributed by atoms with Gasteiger partial charge in [0.05, 0.1) is 28.4 Å². The minimum absolute atomic E-state index is 0.102. The number of hydrogen-bond donors (Lipinski definition) is 2. The van der Waals surface area contributed by atoms with Gasteiger partial charge in [0.15, 0.2) is 23.0 Å². The maximum Gasteiger partial charge on any atom is 0.204 e. The van der Waals surface area contributed by atoms with Crippen LogP contribution in [0.25, 0.3) is 11.1 Å². The van der Waals surface area contributed by atoms with E-state index in [0.717, 1.165) is 47.2 Å². The van der Waals surface area contributed by atoms with Crippen molar-refractivity contribution in [2.75, 3.05) is 35.0 Å². The number of fused-ring (bicyclic) bond motifs is 2. The molecular weight excluding hydrogens is 334 g/mol. The van der Waals surface area contributed by atoms with Gasteiger partial charge in [-0.25, -0.2) is 0 Å². The molecule has 0 aromatic heterocycles. The van der Waals surface area contributed by atoms with Gasteiger partial charge in [0.2, 0.25) is 5.75 Å². The Balaban J connectivity index is 2.07. The summed E-state index contributed by atoms with van der Waals surface area (Å²) in [5.41, 5.74) is 5.02. The molecule has 2 aliphatic rings. The molecule has 6 heteroatoms. The molecule has 1 aliphatic heterocycles. The first-order chi connectivity index (χ1) is 12.6. The standard InChI is InChI=1S/C20H23NO5/c1-23-14-8-10-7-13-16-11(5-6-21-13)19(25-3)20(26-4)18(22)17(16)12(10)9-15(14)24-2/h8-9,13,21-22H,5-7H2,1-4H3. The molecule has 1 heterocycles. The molecule has 0 saturated carbocycles. The van der Waals surface area contributed by atoms with Crippen LogP contribution in [-0.2, 0) is 12.8 Å². The molecule has 1 atom stereocenters. The van der Waals surface area contributed by atoms with Crippen LogP contribution in [0.3, 0.4) is 0 Å². The number of phenolic OH excluding ortho intramolecular Hbond substituents is 1. The molecule has 1 aliphatic carbocycles. The molecule has 1 unspecified atom stereocenters. The van der Waals surface area contributed by atoms with Crippen LogP contribution in [-0.4, -0.2) is 40.1 Å². The molecule has 0 spiro atoms. The Bertz CT molecular complexity index is 877. The maximum absolute atomic E-state index is 11.0. The quantitative estimate of drug-likeness (QED) is 0.877. The lowest BCUT2D eigenvalue weighted by molar-refractivity contribution is 0.326. The Kier molecular flexibility index (Phi) is 4.07. The third-order valence-corrected chi connectivity index (χ3v) is 5.35. The number of phenols is 1. The molecule has 0 radical (unpaired) electrons. The summed E-state index contributed by atoms with van der Waals surface area (Å²) in [5, 5.41) is 14.6. The summed E-state index contributed by atoms with van der Waals surface area (Å²) in [6.45, 7) is 0.851. The first-order valence-electron chi connectivity index (χ1n) is 8.62. The monoisotopic (exact) mass is 357 g/mol. The Morgan fingerprint density at radius 1 is 0.962 bits per heavy atom. The van der Waals surface area contributed by atoms with E-state index in [1.807, 2.05) is 12.1 Å². The molecule has 138 valence electrons. The lowest BCUT2D eigenvalue weighted by Gasteiger charge is -2.36. The highest BCUT2D eigenvalue weighted by molar-refractivity contribution is 5.86. The molecule has 0 fully saturated rings. The Labute approximate surface area is 152 Å². The lowest BCUT2D eigenvalue weighted by atomic mass is 9.76. The van der Waals surface area contributed by atoms with E-state index in [-0.39, 0.29) is 11.8 Å². The van der Waals surface area contributed by atoms with Gasteiger partial charge >= 0.3 is 0 Å². The van der Waals surface area contributed by atoms with Crippen LogP contribution in [0.15, 0.2) is 12.1 Å². The van der Waals surface area contributed by atoms with Crippen molar-refractivity contribution < 1.29 is 24.1 Å². The molecule has 6 nitrogen and oxygen atoms in total. The fourth-order valence-corrected chi connectivity index (χ4v) is 4.26. The van der Waals surface area contributed by atoms with Crippen molar-refractivity contribution in [3.63, 3.8) is 0 Å². The molecule has 0 bridgehead atoms. The summed E-state index contributed by atoms with van der Waals surface area (Å²) in [6, 6.07) is 4.04. The third kappa shape index (κ3) is 2.22. The van der Waals surface area contributed by atoms with Crippen LogP contribution in [0.1, 0.15) is 22.7 Å². The van der Waals surface area contributed by atoms with Crippen LogP contribution in [0, 0.1) is 0 Å². The molecule has 0 saturated heterocycles. The number of ether oxygens (including phenoxy) is 4.